The Balaban J connectivity index is 2.07. The Morgan fingerprint density at radius 1 is 1.14 bits per heavy atom. The quantitative estimate of drug-likeness (QED) is 0.138. The van der Waals surface area contributed by atoms with Gasteiger partial charge in [-0.1, -0.05) is 26.8 Å². The van der Waals surface area contributed by atoms with Crippen molar-refractivity contribution < 1.29 is 61.8 Å². The fraction of sp³-hybridized carbons (Fsp3) is 0.828. The highest BCUT2D eigenvalue weighted by Crippen LogP contribution is 2.67. The molecule has 3 aliphatic rings. The lowest BCUT2D eigenvalue weighted by Gasteiger charge is -2.71. The zero-order valence-electron chi connectivity index (χ0n) is 26.7. The van der Waals surface area contributed by atoms with Crippen molar-refractivity contribution in [2.75, 3.05) is 40.9 Å². The average molecular weight is 635 g/mol. The normalized spacial score (nSPS) is 40.4. The number of ketones is 1. The first-order valence-electron chi connectivity index (χ1n) is 14.5. The molecule has 0 amide bonds. The van der Waals surface area contributed by atoms with E-state index in [2.05, 4.69) is 6.58 Å². The fourth-order valence-electron chi connectivity index (χ4n) is 7.53. The van der Waals surface area contributed by atoms with E-state index < -0.39 is 84.0 Å². The van der Waals surface area contributed by atoms with Crippen LogP contribution in [-0.2, 0) is 42.2 Å². The maximum Gasteiger partial charge on any atom is 0.472 e. The summed E-state index contributed by atoms with van der Waals surface area (Å²) >= 11 is 0. The molecule has 0 aromatic rings. The summed E-state index contributed by atoms with van der Waals surface area (Å²) in [5.41, 5.74) is -8.12. The summed E-state index contributed by atoms with van der Waals surface area (Å²) in [4.78, 5) is 49.9. The van der Waals surface area contributed by atoms with E-state index in [4.69, 9.17) is 23.3 Å². The summed E-state index contributed by atoms with van der Waals surface area (Å²) in [6.07, 6.45) is -2.36. The van der Waals surface area contributed by atoms with Gasteiger partial charge in [0, 0.05) is 24.7 Å². The van der Waals surface area contributed by atoms with Crippen molar-refractivity contribution in [2.45, 2.75) is 95.9 Å². The number of carbonyl (C=O) groups is 3. The number of hydrogen-bond donors (Lipinski definition) is 3. The van der Waals surface area contributed by atoms with Gasteiger partial charge in [0.25, 0.3) is 0 Å². The molecule has 43 heavy (non-hydrogen) atoms. The maximum absolute atomic E-state index is 14.0. The molecule has 1 heterocycles. The zero-order chi connectivity index (χ0) is 33.0. The van der Waals surface area contributed by atoms with Gasteiger partial charge in [0.2, 0.25) is 0 Å². The molecule has 0 aromatic heterocycles. The Morgan fingerprint density at radius 3 is 2.28 bits per heavy atom. The van der Waals surface area contributed by atoms with Crippen LogP contribution in [0.5, 0.6) is 0 Å². The van der Waals surface area contributed by atoms with Gasteiger partial charge in [-0.05, 0) is 32.1 Å². The monoisotopic (exact) mass is 634 g/mol. The second-order valence-electron chi connectivity index (χ2n) is 14.4. The van der Waals surface area contributed by atoms with Gasteiger partial charge in [-0.25, -0.2) is 9.36 Å². The molecular weight excluding hydrogens is 585 g/mol. The number of hydrogen-bond acceptors (Lipinski definition) is 11. The number of carbonyl (C=O) groups excluding carboxylic acids is 3. The summed E-state index contributed by atoms with van der Waals surface area (Å²) < 4.78 is 40.9. The highest BCUT2D eigenvalue weighted by atomic mass is 31.2. The number of fused-ring (bicyclic) bond motifs is 3. The summed E-state index contributed by atoms with van der Waals surface area (Å²) in [6, 6.07) is 0. The molecule has 0 bridgehead atoms. The van der Waals surface area contributed by atoms with Gasteiger partial charge in [-0.2, -0.15) is 0 Å². The van der Waals surface area contributed by atoms with Crippen molar-refractivity contribution in [2.24, 2.45) is 16.7 Å². The van der Waals surface area contributed by atoms with E-state index in [0.29, 0.717) is 17.4 Å². The Hall–Kier alpha value is -1.70. The molecule has 2 aliphatic carbocycles. The van der Waals surface area contributed by atoms with Crippen LogP contribution < -0.4 is 0 Å². The highest BCUT2D eigenvalue weighted by molar-refractivity contribution is 7.47. The number of Topliss-reactive ketones (excluding diaryl/α,β-unsaturated/α-hetero) is 1. The van der Waals surface area contributed by atoms with E-state index in [0.717, 1.165) is 6.92 Å². The molecule has 1 aliphatic heterocycles. The molecule has 0 spiro atoms. The van der Waals surface area contributed by atoms with E-state index >= 15 is 0 Å². The first kappa shape index (κ1) is 35.8. The van der Waals surface area contributed by atoms with Gasteiger partial charge in [-0.15, -0.1) is 6.58 Å². The third-order valence-corrected chi connectivity index (χ3v) is 10.6. The minimum atomic E-state index is -4.64. The Morgan fingerprint density at radius 2 is 1.74 bits per heavy atom. The van der Waals surface area contributed by atoms with Crippen molar-refractivity contribution in [1.82, 2.24) is 0 Å². The molecule has 0 aromatic carbocycles. The van der Waals surface area contributed by atoms with Crippen molar-refractivity contribution in [1.29, 1.82) is 0 Å². The second-order valence-corrected chi connectivity index (χ2v) is 15.9. The van der Waals surface area contributed by atoms with E-state index in [1.165, 1.54) is 13.0 Å². The van der Waals surface area contributed by atoms with Crippen LogP contribution in [0, 0.1) is 16.7 Å². The first-order chi connectivity index (χ1) is 19.4. The van der Waals surface area contributed by atoms with E-state index in [1.807, 2.05) is 35.0 Å². The number of aliphatic hydroxyl groups excluding tert-OH is 1. The van der Waals surface area contributed by atoms with Crippen LogP contribution in [0.25, 0.3) is 0 Å². The lowest BCUT2D eigenvalue weighted by atomic mass is 9.39. The molecular formula is C29H49NO12P+. The number of phosphoric acid groups is 1. The van der Waals surface area contributed by atoms with Gasteiger partial charge in [0.1, 0.15) is 24.9 Å². The van der Waals surface area contributed by atoms with Gasteiger partial charge in [-0.3, -0.25) is 18.6 Å². The highest BCUT2D eigenvalue weighted by Gasteiger charge is 2.82. The molecule has 2 saturated carbocycles. The standard InChI is InChI=1S/C29H48NO12P/c1-11-26(5)16-20(33)29(35)27(6)19(32)12-13-25(3,4)23(27)22(24(40-18(2)31)28(29,7)42-26)41-21(34)17-39-43(36,37)38-15-14-30(8,9)10/h11,19,22-24,32,35H,1,12-17H2,2-10H3/p+1/t19-,22-,23?,24-,26-,27-,28+,29-/m0/s1. The van der Waals surface area contributed by atoms with Crippen molar-refractivity contribution in [3.8, 4) is 0 Å². The van der Waals surface area contributed by atoms with Crippen LogP contribution in [0.15, 0.2) is 12.7 Å². The fourth-order valence-corrected chi connectivity index (χ4v) is 8.19. The molecule has 1 saturated heterocycles. The number of phosphoric ester groups is 1. The maximum atomic E-state index is 14.0. The Kier molecular flexibility index (Phi) is 9.64. The minimum Gasteiger partial charge on any atom is -0.456 e. The van der Waals surface area contributed by atoms with Gasteiger partial charge in [0.05, 0.1) is 32.8 Å². The summed E-state index contributed by atoms with van der Waals surface area (Å²) in [7, 11) is 0.971. The molecule has 3 N–H and O–H groups in total. The van der Waals surface area contributed by atoms with Crippen LogP contribution in [0.3, 0.4) is 0 Å². The van der Waals surface area contributed by atoms with Gasteiger partial charge in [0.15, 0.2) is 24.1 Å². The number of esters is 2. The topological polar surface area (TPSA) is 175 Å². The Labute approximate surface area is 253 Å². The van der Waals surface area contributed by atoms with Crippen molar-refractivity contribution >= 4 is 25.5 Å². The second kappa shape index (κ2) is 11.6. The predicted octanol–water partition coefficient (Wildman–Crippen LogP) is 1.91. The van der Waals surface area contributed by atoms with Crippen LogP contribution in [0.4, 0.5) is 0 Å². The van der Waals surface area contributed by atoms with Crippen LogP contribution in [0.2, 0.25) is 0 Å². The number of ether oxygens (including phenoxy) is 3. The minimum absolute atomic E-state index is 0.111. The molecule has 14 heteroatoms. The summed E-state index contributed by atoms with van der Waals surface area (Å²) in [5, 5.41) is 24.1. The summed E-state index contributed by atoms with van der Waals surface area (Å²) in [6.45, 7) is 12.4. The smallest absolute Gasteiger partial charge is 0.456 e. The largest absolute Gasteiger partial charge is 0.472 e. The Bertz CT molecular complexity index is 1180. The van der Waals surface area contributed by atoms with Crippen molar-refractivity contribution in [3.05, 3.63) is 12.7 Å². The lowest BCUT2D eigenvalue weighted by molar-refractivity contribution is -0.870. The van der Waals surface area contributed by atoms with E-state index in [9.17, 15) is 34.1 Å². The number of quaternary nitrogens is 1. The first-order valence-corrected chi connectivity index (χ1v) is 16.0. The number of aliphatic hydroxyl groups is 2. The van der Waals surface area contributed by atoms with Crippen LogP contribution in [0.1, 0.15) is 60.8 Å². The number of likely N-dealkylation sites (N-methyl/N-ethyl adjacent to an activating group) is 1. The molecule has 246 valence electrons. The van der Waals surface area contributed by atoms with Crippen molar-refractivity contribution in [3.63, 3.8) is 0 Å². The number of rotatable bonds is 10. The molecule has 3 rings (SSSR count). The zero-order valence-corrected chi connectivity index (χ0v) is 27.6. The van der Waals surface area contributed by atoms with E-state index in [-0.39, 0.29) is 19.4 Å². The van der Waals surface area contributed by atoms with Gasteiger partial charge < -0.3 is 33.8 Å². The predicted molar refractivity (Wildman–Crippen MR) is 153 cm³/mol. The molecule has 3 fully saturated rings. The molecule has 0 radical (unpaired) electrons. The average Bonchev–Trinajstić information content (AvgIpc) is 2.84. The molecule has 13 nitrogen and oxygen atoms in total. The third-order valence-electron chi connectivity index (χ3n) is 9.62. The van der Waals surface area contributed by atoms with Crippen LogP contribution in [-0.4, -0.2) is 113 Å². The van der Waals surface area contributed by atoms with E-state index in [1.54, 1.807) is 13.8 Å². The molecule has 2 unspecified atom stereocenters. The van der Waals surface area contributed by atoms with Crippen LogP contribution >= 0.6 is 7.82 Å². The molecule has 9 atom stereocenters. The number of nitrogens with zero attached hydrogens (tertiary/aromatic N) is 1. The summed E-state index contributed by atoms with van der Waals surface area (Å²) in [5.74, 6) is -3.47. The SMILES string of the molecule is C=C[C@@]1(C)CC(=O)[C@@]2(O)[C@](C)(O1)[C@@H](OC(C)=O)[C@@H](OC(=O)COP(=O)(O)OCC[N+](C)(C)C)C1C(C)(C)CC[C@H](O)[C@@]12C. The lowest BCUT2D eigenvalue weighted by Crippen LogP contribution is -2.87. The van der Waals surface area contributed by atoms with Gasteiger partial charge >= 0.3 is 19.8 Å². The third kappa shape index (κ3) is 6.37.